The monoisotopic (exact) mass is 295 g/mol. The molecule has 0 bridgehead atoms. The van der Waals surface area contributed by atoms with Crippen molar-refractivity contribution in [1.82, 2.24) is 9.97 Å². The van der Waals surface area contributed by atoms with Gasteiger partial charge in [-0.3, -0.25) is 0 Å². The smallest absolute Gasteiger partial charge is 0.135 e. The Kier molecular flexibility index (Phi) is 4.59. The molecule has 1 aromatic heterocycles. The standard InChI is InChI=1S/C15H25N3OS/c1-5-20-11-6-8-15(11,19)10-17-12-7-9-16-13(18-12)14(2,3)4/h7,9,11,19H,5-6,8,10H2,1-4H3,(H,16,17,18)/t11-,15+/m1/s1. The molecule has 0 amide bonds. The minimum Gasteiger partial charge on any atom is -0.387 e. The van der Waals surface area contributed by atoms with Gasteiger partial charge in [0, 0.05) is 23.4 Å². The fraction of sp³-hybridized carbons (Fsp3) is 0.733. The van der Waals surface area contributed by atoms with Gasteiger partial charge in [-0.05, 0) is 24.7 Å². The summed E-state index contributed by atoms with van der Waals surface area (Å²) in [7, 11) is 0. The molecule has 1 heterocycles. The van der Waals surface area contributed by atoms with Gasteiger partial charge in [0.05, 0.1) is 5.60 Å². The molecule has 5 heteroatoms. The third-order valence-corrected chi connectivity index (χ3v) is 5.12. The maximum absolute atomic E-state index is 10.6. The number of anilines is 1. The van der Waals surface area contributed by atoms with Crippen LogP contribution in [-0.4, -0.2) is 38.2 Å². The SMILES string of the molecule is CCS[C@@H]1CC[C@]1(O)CNc1ccnc(C(C)(C)C)n1. The lowest BCUT2D eigenvalue weighted by Crippen LogP contribution is -2.54. The number of nitrogens with one attached hydrogen (secondary N) is 1. The van der Waals surface area contributed by atoms with Crippen LogP contribution in [-0.2, 0) is 5.41 Å². The molecule has 4 nitrogen and oxygen atoms in total. The summed E-state index contributed by atoms with van der Waals surface area (Å²) in [6.07, 6.45) is 3.75. The van der Waals surface area contributed by atoms with Crippen molar-refractivity contribution in [3.63, 3.8) is 0 Å². The molecule has 0 spiro atoms. The molecule has 1 aliphatic carbocycles. The van der Waals surface area contributed by atoms with Crippen LogP contribution in [0.25, 0.3) is 0 Å². The first kappa shape index (κ1) is 15.6. The minimum atomic E-state index is -0.590. The Labute approximate surface area is 125 Å². The van der Waals surface area contributed by atoms with Crippen molar-refractivity contribution < 1.29 is 5.11 Å². The Morgan fingerprint density at radius 2 is 2.25 bits per heavy atom. The molecule has 1 aliphatic rings. The van der Waals surface area contributed by atoms with Crippen LogP contribution >= 0.6 is 11.8 Å². The summed E-state index contributed by atoms with van der Waals surface area (Å²) in [4.78, 5) is 8.85. The number of thioether (sulfide) groups is 1. The van der Waals surface area contributed by atoms with E-state index in [9.17, 15) is 5.11 Å². The van der Waals surface area contributed by atoms with Crippen molar-refractivity contribution in [1.29, 1.82) is 0 Å². The van der Waals surface area contributed by atoms with E-state index in [0.29, 0.717) is 11.8 Å². The number of nitrogens with zero attached hydrogens (tertiary/aromatic N) is 2. The second-order valence-corrected chi connectivity index (χ2v) is 7.93. The summed E-state index contributed by atoms with van der Waals surface area (Å²) in [5.41, 5.74) is -0.654. The van der Waals surface area contributed by atoms with E-state index < -0.39 is 5.60 Å². The Hall–Kier alpha value is -0.810. The lowest BCUT2D eigenvalue weighted by atomic mass is 9.79. The van der Waals surface area contributed by atoms with Gasteiger partial charge in [0.25, 0.3) is 0 Å². The molecule has 0 saturated heterocycles. The fourth-order valence-corrected chi connectivity index (χ4v) is 3.50. The summed E-state index contributed by atoms with van der Waals surface area (Å²) in [5, 5.41) is 14.2. The van der Waals surface area contributed by atoms with E-state index in [4.69, 9.17) is 0 Å². The highest BCUT2D eigenvalue weighted by Gasteiger charge is 2.45. The average molecular weight is 295 g/mol. The minimum absolute atomic E-state index is 0.0638. The fourth-order valence-electron chi connectivity index (χ4n) is 2.30. The predicted molar refractivity (Wildman–Crippen MR) is 85.3 cm³/mol. The second-order valence-electron chi connectivity index (χ2n) is 6.46. The van der Waals surface area contributed by atoms with Gasteiger partial charge in [-0.25, -0.2) is 9.97 Å². The Morgan fingerprint density at radius 3 is 2.80 bits per heavy atom. The van der Waals surface area contributed by atoms with Gasteiger partial charge in [-0.1, -0.05) is 27.7 Å². The van der Waals surface area contributed by atoms with E-state index in [1.165, 1.54) is 0 Å². The van der Waals surface area contributed by atoms with Gasteiger partial charge in [0.1, 0.15) is 11.6 Å². The average Bonchev–Trinajstić information content (AvgIpc) is 2.40. The summed E-state index contributed by atoms with van der Waals surface area (Å²) in [6, 6.07) is 1.86. The molecule has 0 radical (unpaired) electrons. The van der Waals surface area contributed by atoms with Crippen LogP contribution in [0.3, 0.4) is 0 Å². The van der Waals surface area contributed by atoms with Crippen LogP contribution in [0, 0.1) is 0 Å². The largest absolute Gasteiger partial charge is 0.387 e. The van der Waals surface area contributed by atoms with Gasteiger partial charge < -0.3 is 10.4 Å². The molecule has 2 atom stereocenters. The molecule has 1 fully saturated rings. The lowest BCUT2D eigenvalue weighted by Gasteiger charge is -2.45. The first-order valence-corrected chi connectivity index (χ1v) is 8.31. The van der Waals surface area contributed by atoms with Gasteiger partial charge in [-0.15, -0.1) is 0 Å². The molecule has 1 saturated carbocycles. The molecule has 0 aliphatic heterocycles. The Balaban J connectivity index is 1.98. The molecule has 2 N–H and O–H groups in total. The summed E-state index contributed by atoms with van der Waals surface area (Å²) in [5.74, 6) is 2.67. The van der Waals surface area contributed by atoms with E-state index in [0.717, 1.165) is 30.2 Å². The van der Waals surface area contributed by atoms with E-state index in [1.807, 2.05) is 17.8 Å². The number of aliphatic hydroxyl groups is 1. The van der Waals surface area contributed by atoms with Crippen LogP contribution in [0.5, 0.6) is 0 Å². The van der Waals surface area contributed by atoms with Gasteiger partial charge in [0.15, 0.2) is 0 Å². The maximum Gasteiger partial charge on any atom is 0.135 e. The van der Waals surface area contributed by atoms with Crippen molar-refractivity contribution in [3.05, 3.63) is 18.1 Å². The normalized spacial score (nSPS) is 26.1. The first-order chi connectivity index (χ1) is 9.35. The van der Waals surface area contributed by atoms with E-state index in [1.54, 1.807) is 6.20 Å². The quantitative estimate of drug-likeness (QED) is 0.875. The van der Waals surface area contributed by atoms with Gasteiger partial charge >= 0.3 is 0 Å². The number of hydrogen-bond donors (Lipinski definition) is 2. The zero-order valence-corrected chi connectivity index (χ0v) is 13.6. The molecule has 1 aromatic rings. The third kappa shape index (κ3) is 3.44. The zero-order valence-electron chi connectivity index (χ0n) is 12.8. The van der Waals surface area contributed by atoms with Crippen molar-refractivity contribution in [2.45, 2.75) is 56.8 Å². The third-order valence-electron chi connectivity index (χ3n) is 3.71. The number of hydrogen-bond acceptors (Lipinski definition) is 5. The molecular weight excluding hydrogens is 270 g/mol. The highest BCUT2D eigenvalue weighted by Crippen LogP contribution is 2.41. The predicted octanol–water partition coefficient (Wildman–Crippen LogP) is 2.83. The van der Waals surface area contributed by atoms with Crippen molar-refractivity contribution in [3.8, 4) is 0 Å². The van der Waals surface area contributed by atoms with Crippen LogP contribution in [0.15, 0.2) is 12.3 Å². The molecule has 20 heavy (non-hydrogen) atoms. The van der Waals surface area contributed by atoms with Crippen molar-refractivity contribution >= 4 is 17.6 Å². The first-order valence-electron chi connectivity index (χ1n) is 7.26. The summed E-state index contributed by atoms with van der Waals surface area (Å²) < 4.78 is 0. The maximum atomic E-state index is 10.6. The van der Waals surface area contributed by atoms with E-state index in [-0.39, 0.29) is 5.41 Å². The van der Waals surface area contributed by atoms with Crippen molar-refractivity contribution in [2.24, 2.45) is 0 Å². The zero-order chi connectivity index (χ0) is 14.8. The van der Waals surface area contributed by atoms with E-state index >= 15 is 0 Å². The van der Waals surface area contributed by atoms with Gasteiger partial charge in [-0.2, -0.15) is 11.8 Å². The van der Waals surface area contributed by atoms with Crippen molar-refractivity contribution in [2.75, 3.05) is 17.6 Å². The topological polar surface area (TPSA) is 58.0 Å². The Bertz CT molecular complexity index is 461. The van der Waals surface area contributed by atoms with Crippen LogP contribution < -0.4 is 5.32 Å². The van der Waals surface area contributed by atoms with Gasteiger partial charge in [0.2, 0.25) is 0 Å². The lowest BCUT2D eigenvalue weighted by molar-refractivity contribution is -0.0120. The van der Waals surface area contributed by atoms with E-state index in [2.05, 4.69) is 43.0 Å². The number of aromatic nitrogens is 2. The molecular formula is C15H25N3OS. The number of rotatable bonds is 5. The molecule has 0 aromatic carbocycles. The summed E-state index contributed by atoms with van der Waals surface area (Å²) >= 11 is 1.84. The second kappa shape index (κ2) is 5.90. The molecule has 2 rings (SSSR count). The van der Waals surface area contributed by atoms with Crippen LogP contribution in [0.1, 0.15) is 46.4 Å². The highest BCUT2D eigenvalue weighted by atomic mass is 32.2. The molecule has 112 valence electrons. The highest BCUT2D eigenvalue weighted by molar-refractivity contribution is 8.00. The molecule has 0 unspecified atom stereocenters. The van der Waals surface area contributed by atoms with Crippen LogP contribution in [0.2, 0.25) is 0 Å². The Morgan fingerprint density at radius 1 is 1.50 bits per heavy atom. The summed E-state index contributed by atoms with van der Waals surface area (Å²) in [6.45, 7) is 8.99. The van der Waals surface area contributed by atoms with Crippen LogP contribution in [0.4, 0.5) is 5.82 Å².